The van der Waals surface area contributed by atoms with Crippen LogP contribution in [0.2, 0.25) is 0 Å². The maximum Gasteiger partial charge on any atom is 0.130 e. The third-order valence-corrected chi connectivity index (χ3v) is 4.34. The highest BCUT2D eigenvalue weighted by atomic mass is 79.9. The zero-order valence-electron chi connectivity index (χ0n) is 9.45. The van der Waals surface area contributed by atoms with Gasteiger partial charge in [-0.25, -0.2) is 0 Å². The predicted octanol–water partition coefficient (Wildman–Crippen LogP) is 4.22. The molecule has 0 aromatic heterocycles. The van der Waals surface area contributed by atoms with Crippen molar-refractivity contribution in [1.82, 2.24) is 0 Å². The second kappa shape index (κ2) is 3.95. The van der Waals surface area contributed by atoms with Crippen LogP contribution < -0.4 is 0 Å². The minimum Gasteiger partial charge on any atom is -0.302 e. The summed E-state index contributed by atoms with van der Waals surface area (Å²) >= 11 is 3.47. The summed E-state index contributed by atoms with van der Waals surface area (Å²) in [7, 11) is 0. The van der Waals surface area contributed by atoms with Crippen molar-refractivity contribution in [1.29, 1.82) is 0 Å². The fourth-order valence-corrected chi connectivity index (χ4v) is 2.94. The van der Waals surface area contributed by atoms with Crippen molar-refractivity contribution in [2.24, 2.45) is 0 Å². The van der Waals surface area contributed by atoms with Crippen LogP contribution in [0.15, 0.2) is 40.9 Å². The van der Waals surface area contributed by atoms with Crippen LogP contribution in [-0.2, 0) is 10.2 Å². The summed E-state index contributed by atoms with van der Waals surface area (Å²) in [4.78, 5) is 11.3. The molecule has 0 saturated heterocycles. The maximum absolute atomic E-state index is 11.3. The fourth-order valence-electron chi connectivity index (χ4n) is 2.56. The molecule has 2 aromatic carbocycles. The summed E-state index contributed by atoms with van der Waals surface area (Å²) < 4.78 is 1.09. The van der Waals surface area contributed by atoms with Crippen LogP contribution in [0, 0.1) is 0 Å². The average molecular weight is 289 g/mol. The molecule has 86 valence electrons. The average Bonchev–Trinajstić information content (AvgIpc) is 2.28. The topological polar surface area (TPSA) is 17.1 Å². The lowest BCUT2D eigenvalue weighted by Crippen LogP contribution is -2.35. The van der Waals surface area contributed by atoms with Crippen molar-refractivity contribution in [3.8, 4) is 0 Å². The number of carbonyl (C=O) groups excluding carboxylic acids is 1. The maximum atomic E-state index is 11.3. The van der Waals surface area contributed by atoms with Gasteiger partial charge in [-0.3, -0.25) is 0 Å². The van der Waals surface area contributed by atoms with Crippen molar-refractivity contribution >= 4 is 33.0 Å². The number of benzene rings is 2. The van der Waals surface area contributed by atoms with E-state index in [0.717, 1.165) is 30.0 Å². The number of hydrogen-bond donors (Lipinski definition) is 0. The summed E-state index contributed by atoms with van der Waals surface area (Å²) in [6.45, 7) is 0. The zero-order valence-corrected chi connectivity index (χ0v) is 11.0. The first kappa shape index (κ1) is 11.0. The van der Waals surface area contributed by atoms with Crippen LogP contribution in [0.1, 0.15) is 24.8 Å². The Morgan fingerprint density at radius 2 is 1.76 bits per heavy atom. The first-order chi connectivity index (χ1) is 8.23. The molecule has 0 atom stereocenters. The Morgan fingerprint density at radius 3 is 2.41 bits per heavy atom. The van der Waals surface area contributed by atoms with Gasteiger partial charge in [0, 0.05) is 4.47 Å². The smallest absolute Gasteiger partial charge is 0.130 e. The lowest BCUT2D eigenvalue weighted by Gasteiger charge is -2.37. The number of aldehydes is 1. The Bertz CT molecular complexity index is 584. The molecule has 1 nitrogen and oxygen atoms in total. The molecular weight excluding hydrogens is 276 g/mol. The molecule has 1 fully saturated rings. The lowest BCUT2D eigenvalue weighted by molar-refractivity contribution is -0.115. The predicted molar refractivity (Wildman–Crippen MR) is 73.2 cm³/mol. The second-order valence-corrected chi connectivity index (χ2v) is 5.75. The first-order valence-corrected chi connectivity index (χ1v) is 6.69. The van der Waals surface area contributed by atoms with Crippen LogP contribution in [0.25, 0.3) is 10.8 Å². The highest BCUT2D eigenvalue weighted by Crippen LogP contribution is 2.42. The van der Waals surface area contributed by atoms with Gasteiger partial charge < -0.3 is 4.79 Å². The van der Waals surface area contributed by atoms with Crippen LogP contribution in [0.5, 0.6) is 0 Å². The number of rotatable bonds is 2. The number of carbonyl (C=O) groups is 1. The number of hydrogen-bond acceptors (Lipinski definition) is 1. The summed E-state index contributed by atoms with van der Waals surface area (Å²) in [5, 5.41) is 2.42. The molecule has 0 unspecified atom stereocenters. The monoisotopic (exact) mass is 288 g/mol. The van der Waals surface area contributed by atoms with Crippen LogP contribution in [-0.4, -0.2) is 6.29 Å². The molecule has 0 aliphatic heterocycles. The Balaban J connectivity index is 2.13. The minimum absolute atomic E-state index is 0.193. The van der Waals surface area contributed by atoms with Crippen molar-refractivity contribution in [2.45, 2.75) is 24.7 Å². The van der Waals surface area contributed by atoms with Gasteiger partial charge in [-0.2, -0.15) is 0 Å². The van der Waals surface area contributed by atoms with Gasteiger partial charge in [-0.05, 0) is 41.3 Å². The molecule has 0 heterocycles. The zero-order chi connectivity index (χ0) is 11.9. The lowest BCUT2D eigenvalue weighted by atomic mass is 9.65. The van der Waals surface area contributed by atoms with E-state index < -0.39 is 0 Å². The van der Waals surface area contributed by atoms with E-state index >= 15 is 0 Å². The Hall–Kier alpha value is -1.15. The van der Waals surface area contributed by atoms with E-state index in [1.54, 1.807) is 0 Å². The van der Waals surface area contributed by atoms with Gasteiger partial charge in [-0.1, -0.05) is 46.6 Å². The molecule has 1 aliphatic carbocycles. The van der Waals surface area contributed by atoms with E-state index in [2.05, 4.69) is 46.3 Å². The molecule has 0 spiro atoms. The molecule has 0 amide bonds. The molecule has 17 heavy (non-hydrogen) atoms. The first-order valence-electron chi connectivity index (χ1n) is 5.90. The fraction of sp³-hybridized carbons (Fsp3) is 0.267. The van der Waals surface area contributed by atoms with Gasteiger partial charge in [0.2, 0.25) is 0 Å². The molecule has 2 heteroatoms. The second-order valence-electron chi connectivity index (χ2n) is 4.83. The molecule has 2 aromatic rings. The Kier molecular flexibility index (Phi) is 2.55. The van der Waals surface area contributed by atoms with Crippen molar-refractivity contribution < 1.29 is 4.79 Å². The molecule has 3 rings (SSSR count). The number of fused-ring (bicyclic) bond motifs is 1. The van der Waals surface area contributed by atoms with Gasteiger partial charge in [-0.15, -0.1) is 0 Å². The largest absolute Gasteiger partial charge is 0.302 e. The molecule has 0 bridgehead atoms. The summed E-state index contributed by atoms with van der Waals surface area (Å²) in [5.74, 6) is 0. The molecule has 0 N–H and O–H groups in total. The standard InChI is InChI=1S/C15H13BrO/c16-14-5-3-11-8-13(4-2-12(11)9-14)15(10-17)6-1-7-15/h2-5,8-10H,1,6-7H2. The van der Waals surface area contributed by atoms with E-state index in [1.807, 2.05) is 6.07 Å². The van der Waals surface area contributed by atoms with E-state index in [-0.39, 0.29) is 5.41 Å². The molecule has 0 radical (unpaired) electrons. The van der Waals surface area contributed by atoms with E-state index in [1.165, 1.54) is 16.3 Å². The van der Waals surface area contributed by atoms with Crippen molar-refractivity contribution in [2.75, 3.05) is 0 Å². The SMILES string of the molecule is O=CC1(c2ccc3cc(Br)ccc3c2)CCC1. The quantitative estimate of drug-likeness (QED) is 0.756. The normalized spacial score (nSPS) is 17.7. The minimum atomic E-state index is -0.193. The van der Waals surface area contributed by atoms with Gasteiger partial charge in [0.15, 0.2) is 0 Å². The van der Waals surface area contributed by atoms with Gasteiger partial charge >= 0.3 is 0 Å². The van der Waals surface area contributed by atoms with Gasteiger partial charge in [0.1, 0.15) is 6.29 Å². The summed E-state index contributed by atoms with van der Waals surface area (Å²) in [5.41, 5.74) is 0.981. The summed E-state index contributed by atoms with van der Waals surface area (Å²) in [6.07, 6.45) is 4.30. The van der Waals surface area contributed by atoms with Crippen LogP contribution in [0.3, 0.4) is 0 Å². The summed E-state index contributed by atoms with van der Waals surface area (Å²) in [6, 6.07) is 12.6. The highest BCUT2D eigenvalue weighted by molar-refractivity contribution is 9.10. The molecule has 1 saturated carbocycles. The third kappa shape index (κ3) is 1.71. The van der Waals surface area contributed by atoms with Gasteiger partial charge in [0.05, 0.1) is 5.41 Å². The van der Waals surface area contributed by atoms with Crippen LogP contribution in [0.4, 0.5) is 0 Å². The Labute approximate surface area is 109 Å². The van der Waals surface area contributed by atoms with E-state index in [9.17, 15) is 4.79 Å². The van der Waals surface area contributed by atoms with Crippen molar-refractivity contribution in [3.63, 3.8) is 0 Å². The molecular formula is C15H13BrO. The molecule has 1 aliphatic rings. The van der Waals surface area contributed by atoms with E-state index in [4.69, 9.17) is 0 Å². The highest BCUT2D eigenvalue weighted by Gasteiger charge is 2.38. The van der Waals surface area contributed by atoms with Crippen molar-refractivity contribution in [3.05, 3.63) is 46.4 Å². The van der Waals surface area contributed by atoms with E-state index in [0.29, 0.717) is 0 Å². The Morgan fingerprint density at radius 1 is 1.06 bits per heavy atom. The van der Waals surface area contributed by atoms with Gasteiger partial charge in [0.25, 0.3) is 0 Å². The third-order valence-electron chi connectivity index (χ3n) is 3.85. The number of halogens is 1. The van der Waals surface area contributed by atoms with Crippen LogP contribution >= 0.6 is 15.9 Å².